The highest BCUT2D eigenvalue weighted by Gasteiger charge is 2.35. The molecule has 44 heavy (non-hydrogen) atoms. The van der Waals surface area contributed by atoms with E-state index in [1.807, 2.05) is 0 Å². The topological polar surface area (TPSA) is 139 Å². The quantitative estimate of drug-likeness (QED) is 0.181. The maximum Gasteiger partial charge on any atom is 0.273 e. The Morgan fingerprint density at radius 1 is 1.02 bits per heavy atom. The van der Waals surface area contributed by atoms with E-state index in [4.69, 9.17) is 27.9 Å². The number of benzene rings is 3. The smallest absolute Gasteiger partial charge is 0.273 e. The summed E-state index contributed by atoms with van der Waals surface area (Å²) in [5.74, 6) is -1.03. The van der Waals surface area contributed by atoms with Gasteiger partial charge >= 0.3 is 0 Å². The van der Waals surface area contributed by atoms with E-state index in [1.165, 1.54) is 49.3 Å². The number of nitro groups is 1. The van der Waals surface area contributed by atoms with Crippen molar-refractivity contribution in [1.82, 2.24) is 10.2 Å². The molecule has 0 saturated heterocycles. The number of carbonyl (C=O) groups is 2. The number of hydrogen-bond acceptors (Lipinski definition) is 7. The van der Waals surface area contributed by atoms with Gasteiger partial charge in [0.1, 0.15) is 18.3 Å². The van der Waals surface area contributed by atoms with Gasteiger partial charge in [0.25, 0.3) is 15.7 Å². The molecule has 3 aromatic rings. The molecule has 0 aromatic heterocycles. The number of aryl methyl sites for hydroxylation is 1. The Morgan fingerprint density at radius 3 is 2.23 bits per heavy atom. The average Bonchev–Trinajstić information content (AvgIpc) is 2.96. The normalized spacial score (nSPS) is 12.0. The first-order valence-electron chi connectivity index (χ1n) is 13.6. The largest absolute Gasteiger partial charge is 0.495 e. The van der Waals surface area contributed by atoms with Crippen molar-refractivity contribution in [3.8, 4) is 5.75 Å². The SMILES string of the molecule is CC[C@@H](C(=O)NC(C)C)N(Cc1ccc(Cl)cc1)C(=O)CN(c1cc(Cl)ccc1OC)S(=O)(=O)c1ccc(C)c([N+](=O)[O-])c1. The molecule has 3 aromatic carbocycles. The summed E-state index contributed by atoms with van der Waals surface area (Å²) in [6.45, 7) is 5.99. The number of anilines is 1. The third-order valence-corrected chi connectivity index (χ3v) is 8.98. The van der Waals surface area contributed by atoms with Crippen molar-refractivity contribution in [2.75, 3.05) is 18.0 Å². The number of nitrogens with one attached hydrogen (secondary N) is 1. The highest BCUT2D eigenvalue weighted by Crippen LogP contribution is 2.36. The number of rotatable bonds is 13. The van der Waals surface area contributed by atoms with Gasteiger partial charge in [0.05, 0.1) is 22.6 Å². The molecule has 1 N–H and O–H groups in total. The van der Waals surface area contributed by atoms with Crippen molar-refractivity contribution in [3.05, 3.63) is 92.0 Å². The van der Waals surface area contributed by atoms with Crippen molar-refractivity contribution in [1.29, 1.82) is 0 Å². The lowest BCUT2D eigenvalue weighted by Gasteiger charge is -2.34. The van der Waals surface area contributed by atoms with Gasteiger partial charge in [0.2, 0.25) is 11.8 Å². The fourth-order valence-corrected chi connectivity index (χ4v) is 6.26. The molecule has 0 fully saturated rings. The fourth-order valence-electron chi connectivity index (χ4n) is 4.53. The lowest BCUT2D eigenvalue weighted by molar-refractivity contribution is -0.385. The van der Waals surface area contributed by atoms with Crippen LogP contribution in [0.5, 0.6) is 5.75 Å². The Hall–Kier alpha value is -3.87. The first kappa shape index (κ1) is 34.6. The van der Waals surface area contributed by atoms with Crippen LogP contribution in [-0.2, 0) is 26.2 Å². The Kier molecular flexibility index (Phi) is 11.6. The molecule has 11 nitrogen and oxygen atoms in total. The van der Waals surface area contributed by atoms with Crippen LogP contribution in [0.15, 0.2) is 65.6 Å². The zero-order valence-corrected chi connectivity index (χ0v) is 27.2. The maximum absolute atomic E-state index is 14.2. The summed E-state index contributed by atoms with van der Waals surface area (Å²) in [6, 6.07) is 13.3. The minimum Gasteiger partial charge on any atom is -0.495 e. The predicted octanol–water partition coefficient (Wildman–Crippen LogP) is 5.75. The van der Waals surface area contributed by atoms with Crippen LogP contribution in [0.1, 0.15) is 38.3 Å². The molecule has 0 heterocycles. The van der Waals surface area contributed by atoms with E-state index < -0.39 is 49.9 Å². The molecule has 0 aliphatic rings. The lowest BCUT2D eigenvalue weighted by Crippen LogP contribution is -2.53. The number of hydrogen-bond donors (Lipinski definition) is 1. The number of methoxy groups -OCH3 is 1. The Labute approximate surface area is 266 Å². The molecule has 2 amide bonds. The van der Waals surface area contributed by atoms with Crippen LogP contribution in [0.25, 0.3) is 0 Å². The monoisotopic (exact) mass is 664 g/mol. The van der Waals surface area contributed by atoms with Crippen LogP contribution >= 0.6 is 23.2 Å². The standard InChI is InChI=1S/C30H34Cl2N4O7S/c1-6-25(30(38)33-19(2)3)34(17-21-8-10-22(31)11-9-21)29(37)18-35(27-15-23(32)12-14-28(27)43-5)44(41,42)24-13-7-20(4)26(16-24)36(39)40/h7-16,19,25H,6,17-18H2,1-5H3,(H,33,38)/t25-/m0/s1. The van der Waals surface area contributed by atoms with Crippen molar-refractivity contribution in [3.63, 3.8) is 0 Å². The molecule has 0 radical (unpaired) electrons. The average molecular weight is 666 g/mol. The van der Waals surface area contributed by atoms with Crippen molar-refractivity contribution in [2.45, 2.75) is 57.6 Å². The molecule has 0 saturated carbocycles. The van der Waals surface area contributed by atoms with Gasteiger partial charge in [0, 0.05) is 34.3 Å². The highest BCUT2D eigenvalue weighted by molar-refractivity contribution is 7.92. The van der Waals surface area contributed by atoms with Crippen LogP contribution in [0.4, 0.5) is 11.4 Å². The summed E-state index contributed by atoms with van der Waals surface area (Å²) in [5, 5.41) is 15.1. The second kappa shape index (κ2) is 14.7. The molecule has 0 unspecified atom stereocenters. The van der Waals surface area contributed by atoms with Gasteiger partial charge in [-0.2, -0.15) is 0 Å². The molecule has 1 atom stereocenters. The molecule has 0 spiro atoms. The van der Waals surface area contributed by atoms with Crippen molar-refractivity contribution >= 4 is 56.4 Å². The van der Waals surface area contributed by atoms with Gasteiger partial charge in [-0.05, 0) is 69.2 Å². The van der Waals surface area contributed by atoms with Gasteiger partial charge in [-0.1, -0.05) is 48.3 Å². The molecule has 0 bridgehead atoms. The van der Waals surface area contributed by atoms with E-state index in [0.29, 0.717) is 10.6 Å². The minimum atomic E-state index is -4.63. The van der Waals surface area contributed by atoms with Crippen LogP contribution in [0, 0.1) is 17.0 Å². The van der Waals surface area contributed by atoms with Gasteiger partial charge in [-0.15, -0.1) is 0 Å². The van der Waals surface area contributed by atoms with Crippen LogP contribution in [0.2, 0.25) is 10.0 Å². The fraction of sp³-hybridized carbons (Fsp3) is 0.333. The zero-order chi connectivity index (χ0) is 32.8. The molecule has 236 valence electrons. The molecular weight excluding hydrogens is 631 g/mol. The van der Waals surface area contributed by atoms with E-state index >= 15 is 0 Å². The highest BCUT2D eigenvalue weighted by atomic mass is 35.5. The van der Waals surface area contributed by atoms with Crippen molar-refractivity contribution < 1.29 is 27.7 Å². The van der Waals surface area contributed by atoms with Crippen LogP contribution in [-0.4, -0.2) is 55.8 Å². The third kappa shape index (κ3) is 8.19. The number of carbonyl (C=O) groups excluding carboxylic acids is 2. The number of nitro benzene ring substituents is 1. The molecule has 0 aliphatic carbocycles. The Bertz CT molecular complexity index is 1630. The van der Waals surface area contributed by atoms with Crippen molar-refractivity contribution in [2.24, 2.45) is 0 Å². The summed E-state index contributed by atoms with van der Waals surface area (Å²) in [6.07, 6.45) is 0.231. The lowest BCUT2D eigenvalue weighted by atomic mass is 10.1. The van der Waals surface area contributed by atoms with E-state index in [9.17, 15) is 28.1 Å². The van der Waals surface area contributed by atoms with Crippen LogP contribution in [0.3, 0.4) is 0 Å². The minimum absolute atomic E-state index is 0.0312. The second-order valence-electron chi connectivity index (χ2n) is 10.3. The maximum atomic E-state index is 14.2. The molecule has 14 heteroatoms. The number of nitrogens with zero attached hydrogens (tertiary/aromatic N) is 3. The van der Waals surface area contributed by atoms with Gasteiger partial charge in [-0.3, -0.25) is 24.0 Å². The summed E-state index contributed by atoms with van der Waals surface area (Å²) < 4.78 is 34.6. The molecule has 3 rings (SSSR count). The summed E-state index contributed by atoms with van der Waals surface area (Å²) >= 11 is 12.3. The Morgan fingerprint density at radius 2 is 1.66 bits per heavy atom. The first-order valence-corrected chi connectivity index (χ1v) is 15.8. The number of halogens is 2. The number of sulfonamides is 1. The molecule has 0 aliphatic heterocycles. The van der Waals surface area contributed by atoms with E-state index in [2.05, 4.69) is 5.32 Å². The first-order chi connectivity index (χ1) is 20.7. The summed E-state index contributed by atoms with van der Waals surface area (Å²) in [7, 11) is -3.30. The van der Waals surface area contributed by atoms with E-state index in [0.717, 1.165) is 10.4 Å². The van der Waals surface area contributed by atoms with Gasteiger partial charge in [0.15, 0.2) is 0 Å². The summed E-state index contributed by atoms with van der Waals surface area (Å²) in [5.41, 5.74) is 0.439. The molecular formula is C30H34Cl2N4O7S. The predicted molar refractivity (Wildman–Crippen MR) is 170 cm³/mol. The van der Waals surface area contributed by atoms with E-state index in [1.54, 1.807) is 45.0 Å². The Balaban J connectivity index is 2.19. The zero-order valence-electron chi connectivity index (χ0n) is 24.9. The third-order valence-electron chi connectivity index (χ3n) is 6.74. The van der Waals surface area contributed by atoms with Gasteiger partial charge in [-0.25, -0.2) is 8.42 Å². The summed E-state index contributed by atoms with van der Waals surface area (Å²) in [4.78, 5) is 39.3. The second-order valence-corrected chi connectivity index (χ2v) is 13.0. The van der Waals surface area contributed by atoms with Crippen LogP contribution < -0.4 is 14.4 Å². The van der Waals surface area contributed by atoms with E-state index in [-0.39, 0.29) is 41.0 Å². The van der Waals surface area contributed by atoms with Gasteiger partial charge < -0.3 is 15.0 Å². The number of amides is 2. The number of ether oxygens (including phenoxy) is 1.